The van der Waals surface area contributed by atoms with Gasteiger partial charge in [-0.2, -0.15) is 0 Å². The van der Waals surface area contributed by atoms with Gasteiger partial charge in [0.25, 0.3) is 0 Å². The van der Waals surface area contributed by atoms with Gasteiger partial charge in [0.1, 0.15) is 11.2 Å². The molecule has 0 amide bonds. The molecule has 0 saturated carbocycles. The average Bonchev–Trinajstić information content (AvgIpc) is 3.59. The summed E-state index contributed by atoms with van der Waals surface area (Å²) in [4.78, 5) is 0. The zero-order chi connectivity index (χ0) is 37.9. The molecular weight excluding hydrogens is 520 g/mol. The summed E-state index contributed by atoms with van der Waals surface area (Å²) in [6.45, 7) is 0. The maximum absolute atomic E-state index is 9.70. The molecule has 0 spiro atoms. The van der Waals surface area contributed by atoms with Gasteiger partial charge in [0.2, 0.25) is 0 Å². The van der Waals surface area contributed by atoms with Gasteiger partial charge in [0, 0.05) is 10.8 Å². The number of para-hydroxylation sites is 1. The molecule has 0 N–H and O–H groups in total. The Hall–Kier alpha value is -5.66. The lowest BCUT2D eigenvalue weighted by molar-refractivity contribution is 0.669. The van der Waals surface area contributed by atoms with E-state index in [-0.39, 0.29) is 68.8 Å². The van der Waals surface area contributed by atoms with Crippen LogP contribution in [0.3, 0.4) is 0 Å². The van der Waals surface area contributed by atoms with Crippen LogP contribution < -0.4 is 0 Å². The van der Waals surface area contributed by atoms with Crippen LogP contribution in [0.2, 0.25) is 0 Å². The fourth-order valence-electron chi connectivity index (χ4n) is 6.26. The molecule has 1 nitrogen and oxygen atoms in total. The van der Waals surface area contributed by atoms with Crippen molar-refractivity contribution in [3.63, 3.8) is 0 Å². The van der Waals surface area contributed by atoms with Crippen LogP contribution >= 0.6 is 0 Å². The van der Waals surface area contributed by atoms with Gasteiger partial charge >= 0.3 is 0 Å². The van der Waals surface area contributed by atoms with Crippen LogP contribution in [0.15, 0.2) is 162 Å². The number of benzene rings is 8. The molecule has 43 heavy (non-hydrogen) atoms. The predicted molar refractivity (Wildman–Crippen MR) is 183 cm³/mol. The summed E-state index contributed by atoms with van der Waals surface area (Å²) in [5, 5.41) is 4.00. The normalized spacial score (nSPS) is 15.3. The Labute approximate surface area is 264 Å². The lowest BCUT2D eigenvalue weighted by Crippen LogP contribution is -1.91. The number of hydrogen-bond donors (Lipinski definition) is 0. The van der Waals surface area contributed by atoms with Crippen molar-refractivity contribution in [2.75, 3.05) is 0 Å². The van der Waals surface area contributed by atoms with Gasteiger partial charge in [0.15, 0.2) is 0 Å². The lowest BCUT2D eigenvalue weighted by Gasteiger charge is -2.19. The van der Waals surface area contributed by atoms with Crippen molar-refractivity contribution in [1.29, 1.82) is 0 Å². The van der Waals surface area contributed by atoms with Gasteiger partial charge in [-0.25, -0.2) is 0 Å². The van der Waals surface area contributed by atoms with Gasteiger partial charge < -0.3 is 4.42 Å². The number of fused-ring (bicyclic) bond motifs is 6. The first-order chi connectivity index (χ1) is 25.9. The molecule has 1 heteroatoms. The van der Waals surface area contributed by atoms with E-state index in [1.807, 2.05) is 54.6 Å². The van der Waals surface area contributed by atoms with Crippen LogP contribution in [-0.2, 0) is 0 Å². The zero-order valence-electron chi connectivity index (χ0n) is 33.6. The molecule has 0 bridgehead atoms. The largest absolute Gasteiger partial charge is 0.456 e. The number of hydrogen-bond acceptors (Lipinski definition) is 1. The van der Waals surface area contributed by atoms with Gasteiger partial charge in [-0.3, -0.25) is 0 Å². The summed E-state index contributed by atoms with van der Waals surface area (Å²) in [5.41, 5.74) is 1.71. The first-order valence-electron chi connectivity index (χ1n) is 19.4. The predicted octanol–water partition coefficient (Wildman–Crippen LogP) is 12.0. The molecule has 1 heterocycles. The monoisotopic (exact) mass is 557 g/mol. The van der Waals surface area contributed by atoms with E-state index in [0.29, 0.717) is 38.2 Å². The molecule has 0 aliphatic rings. The third-order valence-corrected chi connectivity index (χ3v) is 8.06. The molecule has 9 aromatic rings. The fraction of sp³-hybridized carbons (Fsp3) is 0. The SMILES string of the molecule is [2H]c1c([2H])c(-c2cccc3ccccc23)c([2H])c(-c2c3ccccc3c(-c3c([2H])c([2H])c([2H])c4oc5c([2H])c([2H])c([2H])c([2H])c5c34)c3ccccc23)c1[2H]. The van der Waals surface area contributed by atoms with Gasteiger partial charge in [-0.05, 0) is 83.8 Å². The summed E-state index contributed by atoms with van der Waals surface area (Å²) >= 11 is 0. The molecule has 1 aromatic heterocycles. The Kier molecular flexibility index (Phi) is 3.41. The van der Waals surface area contributed by atoms with Crippen LogP contribution in [0.4, 0.5) is 0 Å². The smallest absolute Gasteiger partial charge is 0.136 e. The minimum atomic E-state index is -0.509. The molecule has 0 aliphatic heterocycles. The highest BCUT2D eigenvalue weighted by molar-refractivity contribution is 6.25. The second kappa shape index (κ2) is 9.44. The van der Waals surface area contributed by atoms with Crippen molar-refractivity contribution in [3.8, 4) is 33.4 Å². The summed E-state index contributed by atoms with van der Waals surface area (Å²) in [6.07, 6.45) is 0. The molecule has 0 unspecified atom stereocenters. The number of rotatable bonds is 3. The Bertz CT molecular complexity index is 3070. The van der Waals surface area contributed by atoms with Crippen molar-refractivity contribution in [1.82, 2.24) is 0 Å². The van der Waals surface area contributed by atoms with E-state index >= 15 is 0 Å². The van der Waals surface area contributed by atoms with E-state index in [1.165, 1.54) is 0 Å². The Balaban J connectivity index is 1.48. The van der Waals surface area contributed by atoms with E-state index < -0.39 is 36.3 Å². The molecule has 200 valence electrons. The van der Waals surface area contributed by atoms with Crippen molar-refractivity contribution in [2.45, 2.75) is 0 Å². The average molecular weight is 558 g/mol. The Morgan fingerprint density at radius 1 is 0.419 bits per heavy atom. The van der Waals surface area contributed by atoms with Crippen molar-refractivity contribution in [3.05, 3.63) is 157 Å². The second-order valence-electron chi connectivity index (χ2n) is 10.4. The first kappa shape index (κ1) is 15.5. The second-order valence-corrected chi connectivity index (χ2v) is 10.4. The van der Waals surface area contributed by atoms with Crippen molar-refractivity contribution >= 4 is 54.3 Å². The number of furan rings is 1. The molecule has 0 aliphatic carbocycles. The Morgan fingerprint density at radius 3 is 1.81 bits per heavy atom. The molecule has 9 rings (SSSR count). The topological polar surface area (TPSA) is 13.1 Å². The summed E-state index contributed by atoms with van der Waals surface area (Å²) < 4.78 is 104. The molecule has 0 radical (unpaired) electrons. The van der Waals surface area contributed by atoms with Crippen molar-refractivity contribution in [2.24, 2.45) is 0 Å². The lowest BCUT2D eigenvalue weighted by atomic mass is 9.84. The minimum Gasteiger partial charge on any atom is -0.456 e. The van der Waals surface area contributed by atoms with E-state index in [2.05, 4.69) is 0 Å². The van der Waals surface area contributed by atoms with E-state index in [0.717, 1.165) is 10.8 Å². The summed E-state index contributed by atoms with van der Waals surface area (Å²) in [7, 11) is 0. The molecule has 0 saturated heterocycles. The fourth-order valence-corrected chi connectivity index (χ4v) is 6.26. The maximum atomic E-state index is 9.70. The molecule has 0 fully saturated rings. The van der Waals surface area contributed by atoms with Crippen molar-refractivity contribution < 1.29 is 19.5 Å². The van der Waals surface area contributed by atoms with Crippen LogP contribution in [-0.4, -0.2) is 0 Å². The van der Waals surface area contributed by atoms with E-state index in [1.54, 1.807) is 36.4 Å². The van der Waals surface area contributed by atoms with Crippen LogP contribution in [0.25, 0.3) is 87.6 Å². The van der Waals surface area contributed by atoms with Crippen LogP contribution in [0.5, 0.6) is 0 Å². The highest BCUT2D eigenvalue weighted by Gasteiger charge is 2.20. The molecule has 0 atom stereocenters. The minimum absolute atomic E-state index is 0.00302. The first-order valence-corrected chi connectivity index (χ1v) is 13.9. The van der Waals surface area contributed by atoms with Gasteiger partial charge in [0.05, 0.1) is 15.1 Å². The maximum Gasteiger partial charge on any atom is 0.136 e. The van der Waals surface area contributed by atoms with Gasteiger partial charge in [-0.1, -0.05) is 139 Å². The third-order valence-electron chi connectivity index (χ3n) is 8.06. The highest BCUT2D eigenvalue weighted by atomic mass is 16.3. The van der Waals surface area contributed by atoms with Crippen LogP contribution in [0, 0.1) is 0 Å². The highest BCUT2D eigenvalue weighted by Crippen LogP contribution is 2.47. The molecular formula is C42H26O. The third kappa shape index (κ3) is 3.65. The zero-order valence-corrected chi connectivity index (χ0v) is 22.6. The summed E-state index contributed by atoms with van der Waals surface area (Å²) in [6, 6.07) is 23.7. The van der Waals surface area contributed by atoms with Gasteiger partial charge in [-0.15, -0.1) is 0 Å². The quantitative estimate of drug-likeness (QED) is 0.197. The van der Waals surface area contributed by atoms with E-state index in [4.69, 9.17) is 15.4 Å². The summed E-state index contributed by atoms with van der Waals surface area (Å²) in [5.74, 6) is 0. The van der Waals surface area contributed by atoms with Crippen LogP contribution in [0.1, 0.15) is 15.1 Å². The molecule has 8 aromatic carbocycles. The standard InChI is InChI=1S/C42H26O/c1-2-16-30-27(12-1)13-10-22-31(30)28-14-9-15-29(26-28)40-32-17-3-5-19-34(32)41(35-20-6-4-18-33(35)40)37-23-11-25-39-42(37)36-21-7-8-24-38(36)43-39/h1-26H/i7D,8D,9D,11D,14D,15D,21D,23D,24D,25D,26D. The Morgan fingerprint density at radius 2 is 1.02 bits per heavy atom. The van der Waals surface area contributed by atoms with E-state index in [9.17, 15) is 4.11 Å².